The van der Waals surface area contributed by atoms with Crippen LogP contribution < -0.4 is 31.9 Å². The van der Waals surface area contributed by atoms with Gasteiger partial charge in [-0.25, -0.2) is 4.79 Å². The molecule has 0 aromatic carbocycles. The number of nitrogens with zero attached hydrogens (tertiary/aromatic N) is 1. The zero-order valence-corrected chi connectivity index (χ0v) is 76.1. The molecule has 15 N–H and O–H groups in total. The lowest BCUT2D eigenvalue weighted by atomic mass is 9.83. The lowest BCUT2D eigenvalue weighted by Crippen LogP contribution is -2.55. The fourth-order valence-corrected chi connectivity index (χ4v) is 15.5. The zero-order valence-electron chi connectivity index (χ0n) is 76.1. The number of alkyl carbamates (subject to hydrolysis) is 1. The molecule has 0 aliphatic carbocycles. The number of likely N-dealkylation sites (tertiary alicyclic amines) is 1. The Morgan fingerprint density at radius 2 is 0.756 bits per heavy atom. The van der Waals surface area contributed by atoms with E-state index in [1.807, 2.05) is 0 Å². The van der Waals surface area contributed by atoms with E-state index in [2.05, 4.69) is 31.9 Å². The smallest absolute Gasteiger partial charge is 0.407 e. The Morgan fingerprint density at radius 3 is 1.19 bits per heavy atom. The molecule has 0 bridgehead atoms. The number of ketones is 1. The molecule has 4 fully saturated rings. The average Bonchev–Trinajstić information content (AvgIpc) is 1.70. The molecule has 0 aromatic rings. The van der Waals surface area contributed by atoms with E-state index in [4.69, 9.17) is 61.6 Å². The van der Waals surface area contributed by atoms with Gasteiger partial charge < -0.3 is 144 Å². The summed E-state index contributed by atoms with van der Waals surface area (Å²) in [4.78, 5) is 131. The molecular weight excluding hydrogens is 1670 g/mol. The Labute approximate surface area is 749 Å². The number of carbonyl (C=O) groups is 10. The van der Waals surface area contributed by atoms with E-state index in [-0.39, 0.29) is 191 Å². The van der Waals surface area contributed by atoms with E-state index in [0.29, 0.717) is 123 Å². The summed E-state index contributed by atoms with van der Waals surface area (Å²) in [6.07, 6.45) is 2.82. The molecule has 0 spiro atoms. The molecule has 736 valence electrons. The van der Waals surface area contributed by atoms with Crippen LogP contribution in [-0.4, -0.2) is 348 Å². The Morgan fingerprint density at radius 1 is 0.378 bits per heavy atom. The highest BCUT2D eigenvalue weighted by Crippen LogP contribution is 2.32. The number of amides is 7. The molecule has 0 aromatic heterocycles. The fraction of sp³-hybridized carbons (Fsp3) is 0.886. The van der Waals surface area contributed by atoms with Crippen molar-refractivity contribution in [2.75, 3.05) is 146 Å². The van der Waals surface area contributed by atoms with Crippen molar-refractivity contribution >= 4 is 59.3 Å². The third-order valence-electron chi connectivity index (χ3n) is 23.3. The van der Waals surface area contributed by atoms with Gasteiger partial charge in [0.15, 0.2) is 24.7 Å². The summed E-state index contributed by atoms with van der Waals surface area (Å²) in [5.41, 5.74) is -1.03. The normalized spacial score (nSPS) is 24.6. The molecule has 0 radical (unpaired) electrons. The lowest BCUT2D eigenvalue weighted by molar-refractivity contribution is -0.282. The Balaban J connectivity index is 1.26. The maximum absolute atomic E-state index is 14.1. The highest BCUT2D eigenvalue weighted by atomic mass is 16.7. The average molecular weight is 1830 g/mol. The van der Waals surface area contributed by atoms with Crippen LogP contribution in [0.1, 0.15) is 245 Å². The monoisotopic (exact) mass is 1820 g/mol. The number of nitrogens with one attached hydrogen (secondary N) is 6. The topological polar surface area (TPSA) is 548 Å². The zero-order chi connectivity index (χ0) is 93.0. The molecule has 4 heterocycles. The molecule has 39 heteroatoms. The highest BCUT2D eigenvalue weighted by molar-refractivity contribution is 5.84. The van der Waals surface area contributed by atoms with Gasteiger partial charge in [0.2, 0.25) is 35.4 Å². The molecule has 15 unspecified atom stereocenters. The molecule has 4 rings (SSSR count). The van der Waals surface area contributed by atoms with Gasteiger partial charge in [-0.2, -0.15) is 0 Å². The van der Waals surface area contributed by atoms with Crippen molar-refractivity contribution in [2.24, 2.45) is 17.8 Å². The summed E-state index contributed by atoms with van der Waals surface area (Å²) in [6.45, 7) is 7.17. The van der Waals surface area contributed by atoms with E-state index in [1.54, 1.807) is 39.9 Å². The number of carbonyl (C=O) groups excluding carboxylic acids is 10. The molecule has 4 saturated heterocycles. The van der Waals surface area contributed by atoms with Crippen LogP contribution in [0.5, 0.6) is 0 Å². The van der Waals surface area contributed by atoms with Crippen LogP contribution in [0.4, 0.5) is 4.79 Å². The number of ether oxygens (including phenoxy) is 13. The third-order valence-corrected chi connectivity index (χ3v) is 23.3. The standard InChI is InChI=1S/C88H157N7O32/c1-61-78(108)81(111)67(56-96)125-84(61)121-45-22-29-70(100)89-40-18-10-6-8-14-33-76(106)119-48-25-37-88(38-26-49-120-77(107)34-15-9-7-11-19-41-90-71(101)30-23-46-122-85-62(2)79(109)82(112)68(57-97)126-85,39-27-50-124-87(114)93-43-21-13-12-20-42-91-72(102)31-24-47-123-86-63(3)80(110)83(113)69(58-98)127-86)94-74(104)36-35-73(103)92-44-51-117-52-53-118-60-65(99)28-16-17-32-75(105)95-55-66(116-5)54-64(95)59-115-4/h61-64,66-69,78-86,96-98,108-113H,6-60H2,1-5H3,(H,89,100)(H,90,101)(H,91,102)(H,92,103)(H,93,114)(H,94,104)/t61?,62?,63?,64-,66+,67?,68?,69?,78?,79?,80?,81?,82?,83?,84?,85?,86?,88?/m1/s1. The van der Waals surface area contributed by atoms with Gasteiger partial charge in [0.25, 0.3) is 0 Å². The lowest BCUT2D eigenvalue weighted by Gasteiger charge is -2.40. The van der Waals surface area contributed by atoms with Crippen molar-refractivity contribution in [1.29, 1.82) is 0 Å². The maximum Gasteiger partial charge on any atom is 0.407 e. The Kier molecular flexibility index (Phi) is 60.7. The number of methoxy groups -OCH3 is 2. The predicted molar refractivity (Wildman–Crippen MR) is 459 cm³/mol. The summed E-state index contributed by atoms with van der Waals surface area (Å²) in [7, 11) is 3.23. The number of esters is 2. The number of Topliss-reactive ketones (excluding diaryl/α,β-unsaturated/α-hetero) is 1. The van der Waals surface area contributed by atoms with Crippen LogP contribution in [0.25, 0.3) is 0 Å². The van der Waals surface area contributed by atoms with Gasteiger partial charge in [0, 0.05) is 135 Å². The first-order valence-electron chi connectivity index (χ1n) is 46.5. The maximum atomic E-state index is 14.1. The predicted octanol–water partition coefficient (Wildman–Crippen LogP) is 2.52. The van der Waals surface area contributed by atoms with Crippen LogP contribution >= 0.6 is 0 Å². The number of aliphatic hydroxyl groups excluding tert-OH is 9. The largest absolute Gasteiger partial charge is 0.466 e. The van der Waals surface area contributed by atoms with E-state index in [0.717, 1.165) is 64.2 Å². The van der Waals surface area contributed by atoms with Gasteiger partial charge in [-0.15, -0.1) is 0 Å². The summed E-state index contributed by atoms with van der Waals surface area (Å²) in [6, 6.07) is -0.0396. The number of hydrogen-bond acceptors (Lipinski definition) is 32. The van der Waals surface area contributed by atoms with Crippen molar-refractivity contribution in [2.45, 2.75) is 337 Å². The van der Waals surface area contributed by atoms with Gasteiger partial charge in [0.1, 0.15) is 43.2 Å². The first kappa shape index (κ1) is 113. The fourth-order valence-electron chi connectivity index (χ4n) is 15.5. The SMILES string of the molecule is COC[C@H]1C[C@H](OC)CN1C(=O)CCCCC(=O)COCCOCCNC(=O)CCC(=O)NC(CCCOC(=O)CCCCCCCNC(=O)CCCOC1OC(CO)C(O)C(O)C1C)(CCCOC(=O)CCCCCCCNC(=O)CCCOC1OC(CO)C(O)C(O)C1C)CCCOC(=O)NCCCCCCNC(=O)CCCOC1OC(CO)C(O)C(O)C1C. The molecule has 39 nitrogen and oxygen atoms in total. The van der Waals surface area contributed by atoms with Gasteiger partial charge in [-0.1, -0.05) is 72.1 Å². The Bertz CT molecular complexity index is 2820. The van der Waals surface area contributed by atoms with Crippen molar-refractivity contribution < 1.29 is 155 Å². The highest BCUT2D eigenvalue weighted by Gasteiger charge is 2.45. The van der Waals surface area contributed by atoms with Crippen LogP contribution in [0.15, 0.2) is 0 Å². The second kappa shape index (κ2) is 68.0. The minimum atomic E-state index is -1.24. The second-order valence-corrected chi connectivity index (χ2v) is 33.8. The van der Waals surface area contributed by atoms with Crippen molar-refractivity contribution in [3.63, 3.8) is 0 Å². The number of hydrogen-bond donors (Lipinski definition) is 15. The molecule has 127 heavy (non-hydrogen) atoms. The van der Waals surface area contributed by atoms with Crippen LogP contribution in [0.3, 0.4) is 0 Å². The number of rotatable bonds is 73. The quantitative estimate of drug-likeness (QED) is 0.0236. The Hall–Kier alpha value is -6.06. The van der Waals surface area contributed by atoms with E-state index in [1.165, 1.54) is 0 Å². The van der Waals surface area contributed by atoms with Crippen LogP contribution in [-0.2, 0) is 105 Å². The summed E-state index contributed by atoms with van der Waals surface area (Å²) in [5.74, 6) is -3.83. The third kappa shape index (κ3) is 47.7. The summed E-state index contributed by atoms with van der Waals surface area (Å²) >= 11 is 0. The minimum absolute atomic E-state index is 0.00853. The van der Waals surface area contributed by atoms with E-state index >= 15 is 0 Å². The second-order valence-electron chi connectivity index (χ2n) is 33.8. The van der Waals surface area contributed by atoms with Crippen molar-refractivity contribution in [3.05, 3.63) is 0 Å². The van der Waals surface area contributed by atoms with Crippen molar-refractivity contribution in [1.82, 2.24) is 36.8 Å². The van der Waals surface area contributed by atoms with E-state index in [9.17, 15) is 93.9 Å². The van der Waals surface area contributed by atoms with E-state index < -0.39 is 147 Å². The number of aliphatic hydroxyl groups is 9. The first-order valence-corrected chi connectivity index (χ1v) is 46.5. The van der Waals surface area contributed by atoms with Gasteiger partial charge in [0.05, 0.1) is 116 Å². The molecule has 17 atom stereocenters. The minimum Gasteiger partial charge on any atom is -0.466 e. The molecule has 4 aliphatic rings. The van der Waals surface area contributed by atoms with Crippen LogP contribution in [0.2, 0.25) is 0 Å². The molecular formula is C88H157N7O32. The molecule has 7 amide bonds. The number of unbranched alkanes of at least 4 members (excludes halogenated alkanes) is 12. The van der Waals surface area contributed by atoms with Crippen molar-refractivity contribution in [3.8, 4) is 0 Å². The summed E-state index contributed by atoms with van der Waals surface area (Å²) < 4.78 is 72.8. The van der Waals surface area contributed by atoms with Gasteiger partial charge >= 0.3 is 18.0 Å². The van der Waals surface area contributed by atoms with Crippen LogP contribution in [0, 0.1) is 17.8 Å². The first-order chi connectivity index (χ1) is 61.2. The summed E-state index contributed by atoms with van der Waals surface area (Å²) in [5, 5.41) is 107. The van der Waals surface area contributed by atoms with Gasteiger partial charge in [-0.05, 0) is 116 Å². The molecule has 0 saturated carbocycles. The molecule has 4 aliphatic heterocycles. The van der Waals surface area contributed by atoms with Gasteiger partial charge in [-0.3, -0.25) is 43.2 Å².